The maximum atomic E-state index is 2.22. The Morgan fingerprint density at radius 3 is 1.82 bits per heavy atom. The molecule has 82 valence electrons. The summed E-state index contributed by atoms with van der Waals surface area (Å²) >= 11 is 0. The third kappa shape index (κ3) is 1.83. The van der Waals surface area contributed by atoms with E-state index < -0.39 is 0 Å². The van der Waals surface area contributed by atoms with Gasteiger partial charge in [-0.3, -0.25) is 0 Å². The standard InChI is InChI=1S/C17H14/c1-13-7-9-15-10-12-17(16(15)11-8-13)14-5-3-2-4-6-14/h2-12H,1H3. The summed E-state index contributed by atoms with van der Waals surface area (Å²) in [6.45, 7) is 2.13. The van der Waals surface area contributed by atoms with Gasteiger partial charge in [-0.1, -0.05) is 72.3 Å². The number of aryl methyl sites for hydroxylation is 1. The normalized spacial score (nSPS) is 10.6. The van der Waals surface area contributed by atoms with Crippen LogP contribution in [-0.4, -0.2) is 0 Å². The van der Waals surface area contributed by atoms with E-state index in [1.54, 1.807) is 0 Å². The molecule has 0 amide bonds. The van der Waals surface area contributed by atoms with Crippen molar-refractivity contribution in [2.75, 3.05) is 0 Å². The van der Waals surface area contributed by atoms with Crippen LogP contribution in [0, 0.1) is 6.92 Å². The minimum atomic E-state index is 1.28. The molecule has 0 saturated carbocycles. The first-order valence-corrected chi connectivity index (χ1v) is 5.89. The quantitative estimate of drug-likeness (QED) is 0.552. The Labute approximate surface area is 102 Å². The molecule has 1 aromatic carbocycles. The Hall–Kier alpha value is -2.08. The fraction of sp³-hybridized carbons (Fsp3) is 0.0588. The molecule has 2 aliphatic carbocycles. The Morgan fingerprint density at radius 1 is 0.529 bits per heavy atom. The summed E-state index contributed by atoms with van der Waals surface area (Å²) in [5.41, 5.74) is 6.52. The summed E-state index contributed by atoms with van der Waals surface area (Å²) in [7, 11) is 0. The Morgan fingerprint density at radius 2 is 1.06 bits per heavy atom. The molecular formula is C17H14. The monoisotopic (exact) mass is 218 g/mol. The first kappa shape index (κ1) is 10.1. The van der Waals surface area contributed by atoms with E-state index in [0.29, 0.717) is 0 Å². The van der Waals surface area contributed by atoms with Crippen molar-refractivity contribution < 1.29 is 0 Å². The van der Waals surface area contributed by atoms with Gasteiger partial charge in [0.25, 0.3) is 0 Å². The van der Waals surface area contributed by atoms with E-state index in [-0.39, 0.29) is 0 Å². The van der Waals surface area contributed by atoms with Gasteiger partial charge in [-0.05, 0) is 29.2 Å². The Kier molecular flexibility index (Phi) is 2.41. The van der Waals surface area contributed by atoms with Crippen LogP contribution >= 0.6 is 0 Å². The van der Waals surface area contributed by atoms with Gasteiger partial charge in [0.1, 0.15) is 0 Å². The van der Waals surface area contributed by atoms with Gasteiger partial charge < -0.3 is 0 Å². The molecule has 0 bridgehead atoms. The number of hydrogen-bond donors (Lipinski definition) is 0. The van der Waals surface area contributed by atoms with E-state index in [4.69, 9.17) is 0 Å². The van der Waals surface area contributed by atoms with Crippen LogP contribution in [0.15, 0.2) is 66.7 Å². The second-order valence-corrected chi connectivity index (χ2v) is 4.39. The van der Waals surface area contributed by atoms with E-state index in [0.717, 1.165) is 0 Å². The van der Waals surface area contributed by atoms with Gasteiger partial charge in [-0.25, -0.2) is 0 Å². The van der Waals surface area contributed by atoms with Gasteiger partial charge >= 0.3 is 0 Å². The van der Waals surface area contributed by atoms with Crippen LogP contribution in [0.25, 0.3) is 22.3 Å². The van der Waals surface area contributed by atoms with Gasteiger partial charge in [-0.15, -0.1) is 0 Å². The lowest BCUT2D eigenvalue weighted by Crippen LogP contribution is -1.75. The molecule has 0 saturated heterocycles. The van der Waals surface area contributed by atoms with Crippen molar-refractivity contribution in [2.24, 2.45) is 0 Å². The van der Waals surface area contributed by atoms with Gasteiger partial charge in [-0.2, -0.15) is 0 Å². The van der Waals surface area contributed by atoms with Crippen LogP contribution in [0.3, 0.4) is 0 Å². The minimum Gasteiger partial charge on any atom is -0.0622 e. The SMILES string of the molecule is Cc1ccc2ccc(-c3ccccc3)c-2cc1. The largest absolute Gasteiger partial charge is 0.0622 e. The lowest BCUT2D eigenvalue weighted by atomic mass is 10.0. The predicted octanol–water partition coefficient (Wildman–Crippen LogP) is 4.77. The Bertz CT molecular complexity index is 608. The van der Waals surface area contributed by atoms with Crippen molar-refractivity contribution in [1.82, 2.24) is 0 Å². The first-order valence-electron chi connectivity index (χ1n) is 5.89. The van der Waals surface area contributed by atoms with Crippen molar-refractivity contribution in [2.45, 2.75) is 6.92 Å². The highest BCUT2D eigenvalue weighted by molar-refractivity contribution is 5.86. The summed E-state index contributed by atoms with van der Waals surface area (Å²) in [5, 5.41) is 0. The predicted molar refractivity (Wildman–Crippen MR) is 73.2 cm³/mol. The van der Waals surface area contributed by atoms with Gasteiger partial charge in [0.05, 0.1) is 0 Å². The fourth-order valence-corrected chi connectivity index (χ4v) is 2.20. The van der Waals surface area contributed by atoms with Crippen molar-refractivity contribution >= 4 is 0 Å². The third-order valence-electron chi connectivity index (χ3n) is 3.15. The van der Waals surface area contributed by atoms with Crippen molar-refractivity contribution in [1.29, 1.82) is 0 Å². The van der Waals surface area contributed by atoms with E-state index in [2.05, 4.69) is 73.7 Å². The molecule has 0 heteroatoms. The summed E-state index contributed by atoms with van der Waals surface area (Å²) in [6.07, 6.45) is 0. The molecular weight excluding hydrogens is 204 g/mol. The topological polar surface area (TPSA) is 0 Å². The second kappa shape index (κ2) is 4.06. The van der Waals surface area contributed by atoms with Crippen LogP contribution in [0.1, 0.15) is 5.56 Å². The lowest BCUT2D eigenvalue weighted by molar-refractivity contribution is 1.52. The molecule has 0 aliphatic heterocycles. The third-order valence-corrected chi connectivity index (χ3v) is 3.15. The van der Waals surface area contributed by atoms with Crippen LogP contribution < -0.4 is 0 Å². The number of hydrogen-bond acceptors (Lipinski definition) is 0. The maximum absolute atomic E-state index is 2.22. The molecule has 0 spiro atoms. The molecule has 17 heavy (non-hydrogen) atoms. The zero-order valence-corrected chi connectivity index (χ0v) is 9.85. The van der Waals surface area contributed by atoms with Gasteiger partial charge in [0.15, 0.2) is 0 Å². The van der Waals surface area contributed by atoms with Crippen molar-refractivity contribution in [3.05, 3.63) is 72.3 Å². The molecule has 3 rings (SSSR count). The number of fused-ring (bicyclic) bond motifs is 1. The highest BCUT2D eigenvalue weighted by Gasteiger charge is 2.08. The molecule has 0 heterocycles. The molecule has 0 fully saturated rings. The zero-order chi connectivity index (χ0) is 11.7. The molecule has 0 radical (unpaired) electrons. The summed E-state index contributed by atoms with van der Waals surface area (Å²) in [4.78, 5) is 0. The summed E-state index contributed by atoms with van der Waals surface area (Å²) in [5.74, 6) is 0. The highest BCUT2D eigenvalue weighted by atomic mass is 14.1. The van der Waals surface area contributed by atoms with E-state index in [9.17, 15) is 0 Å². The van der Waals surface area contributed by atoms with Crippen LogP contribution in [0.2, 0.25) is 0 Å². The molecule has 2 aliphatic rings. The average Bonchev–Trinajstić information content (AvgIpc) is 2.69. The minimum absolute atomic E-state index is 1.28. The number of benzene rings is 1. The van der Waals surface area contributed by atoms with E-state index in [1.807, 2.05) is 0 Å². The second-order valence-electron chi connectivity index (χ2n) is 4.39. The summed E-state index contributed by atoms with van der Waals surface area (Å²) in [6, 6.07) is 23.7. The molecule has 0 unspecified atom stereocenters. The van der Waals surface area contributed by atoms with Crippen molar-refractivity contribution in [3.8, 4) is 22.3 Å². The lowest BCUT2D eigenvalue weighted by Gasteiger charge is -2.01. The average molecular weight is 218 g/mol. The van der Waals surface area contributed by atoms with E-state index in [1.165, 1.54) is 27.8 Å². The van der Waals surface area contributed by atoms with E-state index >= 15 is 0 Å². The molecule has 0 atom stereocenters. The highest BCUT2D eigenvalue weighted by Crippen LogP contribution is 2.34. The summed E-state index contributed by atoms with van der Waals surface area (Å²) < 4.78 is 0. The molecule has 0 aromatic heterocycles. The first-order chi connectivity index (χ1) is 8.34. The molecule has 1 aromatic rings. The smallest absolute Gasteiger partial charge is 0.0105 e. The molecule has 0 N–H and O–H groups in total. The van der Waals surface area contributed by atoms with Crippen LogP contribution in [-0.2, 0) is 0 Å². The molecule has 0 nitrogen and oxygen atoms in total. The maximum Gasteiger partial charge on any atom is -0.0105 e. The van der Waals surface area contributed by atoms with Gasteiger partial charge in [0, 0.05) is 0 Å². The zero-order valence-electron chi connectivity index (χ0n) is 9.85. The number of rotatable bonds is 1. The van der Waals surface area contributed by atoms with Gasteiger partial charge in [0.2, 0.25) is 0 Å². The van der Waals surface area contributed by atoms with Crippen LogP contribution in [0.5, 0.6) is 0 Å². The van der Waals surface area contributed by atoms with Crippen molar-refractivity contribution in [3.63, 3.8) is 0 Å². The Balaban J connectivity index is 2.22. The van der Waals surface area contributed by atoms with Crippen LogP contribution in [0.4, 0.5) is 0 Å². The fourth-order valence-electron chi connectivity index (χ4n) is 2.20.